The number of hydrogen-bond donors (Lipinski definition) is 2. The van der Waals surface area contributed by atoms with Crippen LogP contribution >= 0.6 is 0 Å². The van der Waals surface area contributed by atoms with Crippen LogP contribution in [0, 0.1) is 0 Å². The first kappa shape index (κ1) is 15.7. The quantitative estimate of drug-likeness (QED) is 0.801. The van der Waals surface area contributed by atoms with Gasteiger partial charge in [-0.2, -0.15) is 0 Å². The zero-order chi connectivity index (χ0) is 17.7. The third-order valence-electron chi connectivity index (χ3n) is 5.09. The molecule has 3 atom stereocenters. The molecule has 0 aliphatic carbocycles. The molecule has 4 rings (SSSR count). The number of aromatic nitrogens is 1. The second-order valence-electron chi connectivity index (χ2n) is 6.50. The van der Waals surface area contributed by atoms with Crippen molar-refractivity contribution in [3.63, 3.8) is 0 Å². The van der Waals surface area contributed by atoms with E-state index in [1.54, 1.807) is 7.05 Å². The van der Waals surface area contributed by atoms with Crippen molar-refractivity contribution in [2.75, 3.05) is 12.1 Å². The van der Waals surface area contributed by atoms with Crippen LogP contribution in [-0.2, 0) is 0 Å². The number of fused-ring (bicyclic) bond motifs is 3. The number of pyridine rings is 1. The fourth-order valence-corrected chi connectivity index (χ4v) is 3.86. The summed E-state index contributed by atoms with van der Waals surface area (Å²) in [4.78, 5) is 26.0. The van der Waals surface area contributed by atoms with Gasteiger partial charge in [-0.1, -0.05) is 30.3 Å². The van der Waals surface area contributed by atoms with Gasteiger partial charge in [0.2, 0.25) is 5.43 Å². The van der Waals surface area contributed by atoms with Gasteiger partial charge in [-0.05, 0) is 18.4 Å². The lowest BCUT2D eigenvalue weighted by Gasteiger charge is -2.52. The van der Waals surface area contributed by atoms with E-state index in [4.69, 9.17) is 0 Å². The van der Waals surface area contributed by atoms with Crippen LogP contribution in [0.3, 0.4) is 0 Å². The number of aliphatic hydroxyl groups excluding tert-OH is 1. The molecule has 2 aliphatic rings. The van der Waals surface area contributed by atoms with Gasteiger partial charge in [0.25, 0.3) is 5.91 Å². The average Bonchev–Trinajstić information content (AvgIpc) is 2.62. The van der Waals surface area contributed by atoms with E-state index in [-0.39, 0.29) is 11.9 Å². The molecule has 1 saturated heterocycles. The Morgan fingerprint density at radius 3 is 2.52 bits per heavy atom. The molecule has 3 unspecified atom stereocenters. The Hall–Kier alpha value is -2.80. The fourth-order valence-electron chi connectivity index (χ4n) is 3.86. The number of hydrogen-bond acceptors (Lipinski definition) is 5. The number of nitrogens with zero attached hydrogens (tertiary/aromatic N) is 3. The minimum absolute atomic E-state index is 0.0683. The van der Waals surface area contributed by atoms with E-state index >= 15 is 0 Å². The summed E-state index contributed by atoms with van der Waals surface area (Å²) in [6.07, 6.45) is 1.74. The molecule has 2 N–H and O–H groups in total. The lowest BCUT2D eigenvalue weighted by molar-refractivity contribution is 0.0258. The first-order valence-corrected chi connectivity index (χ1v) is 8.24. The molecule has 0 radical (unpaired) electrons. The second kappa shape index (κ2) is 5.63. The maximum absolute atomic E-state index is 12.7. The van der Waals surface area contributed by atoms with Gasteiger partial charge in [0, 0.05) is 19.3 Å². The van der Waals surface area contributed by atoms with Crippen LogP contribution < -0.4 is 10.4 Å². The van der Waals surface area contributed by atoms with Gasteiger partial charge in [-0.15, -0.1) is 0 Å². The normalized spacial score (nSPS) is 25.5. The van der Waals surface area contributed by atoms with Crippen LogP contribution in [0.5, 0.6) is 5.75 Å². The molecule has 3 heterocycles. The van der Waals surface area contributed by atoms with Crippen molar-refractivity contribution in [3.05, 3.63) is 64.1 Å². The van der Waals surface area contributed by atoms with Crippen molar-refractivity contribution < 1.29 is 15.0 Å². The molecule has 1 amide bonds. The highest BCUT2D eigenvalue weighted by Crippen LogP contribution is 2.38. The molecule has 130 valence electrons. The molecule has 7 nitrogen and oxygen atoms in total. The number of carbonyl (C=O) groups excluding carboxylic acids is 1. The Morgan fingerprint density at radius 2 is 1.80 bits per heavy atom. The largest absolute Gasteiger partial charge is 0.502 e. The predicted molar refractivity (Wildman–Crippen MR) is 90.9 cm³/mol. The number of piperidine rings is 1. The molecule has 2 aromatic rings. The van der Waals surface area contributed by atoms with Gasteiger partial charge < -0.3 is 15.1 Å². The summed E-state index contributed by atoms with van der Waals surface area (Å²) in [7, 11) is 1.65. The van der Waals surface area contributed by atoms with E-state index in [0.717, 1.165) is 5.56 Å². The molecule has 1 aromatic heterocycles. The zero-order valence-corrected chi connectivity index (χ0v) is 13.7. The van der Waals surface area contributed by atoms with Crippen molar-refractivity contribution in [1.82, 2.24) is 9.58 Å². The van der Waals surface area contributed by atoms with Crippen molar-refractivity contribution in [1.29, 1.82) is 0 Å². The molecule has 7 heteroatoms. The number of aliphatic hydroxyl groups is 1. The smallest absolute Gasteiger partial charge is 0.277 e. The molecule has 1 aromatic carbocycles. The highest BCUT2D eigenvalue weighted by atomic mass is 16.3. The molecule has 0 saturated carbocycles. The van der Waals surface area contributed by atoms with Crippen LogP contribution in [0.1, 0.15) is 34.9 Å². The summed E-state index contributed by atoms with van der Waals surface area (Å²) in [5, 5.41) is 22.7. The number of benzene rings is 1. The first-order valence-electron chi connectivity index (χ1n) is 8.24. The lowest BCUT2D eigenvalue weighted by atomic mass is 9.91. The Bertz CT molecular complexity index is 880. The van der Waals surface area contributed by atoms with Gasteiger partial charge in [-0.3, -0.25) is 19.3 Å². The fraction of sp³-hybridized carbons (Fsp3) is 0.333. The summed E-state index contributed by atoms with van der Waals surface area (Å²) in [5.74, 6) is -0.968. The molecular formula is C18H19N3O4. The van der Waals surface area contributed by atoms with Crippen LogP contribution in [0.2, 0.25) is 0 Å². The van der Waals surface area contributed by atoms with E-state index in [9.17, 15) is 19.8 Å². The molecule has 25 heavy (non-hydrogen) atoms. The number of carbonyl (C=O) groups is 1. The third-order valence-corrected chi connectivity index (χ3v) is 5.09. The van der Waals surface area contributed by atoms with Crippen LogP contribution in [0.15, 0.2) is 47.4 Å². The number of amides is 1. The Morgan fingerprint density at radius 1 is 1.08 bits per heavy atom. The molecule has 0 bridgehead atoms. The van der Waals surface area contributed by atoms with Crippen molar-refractivity contribution in [2.24, 2.45) is 0 Å². The van der Waals surface area contributed by atoms with E-state index in [1.165, 1.54) is 21.8 Å². The Labute approximate surface area is 144 Å². The van der Waals surface area contributed by atoms with Crippen molar-refractivity contribution >= 4 is 5.91 Å². The van der Waals surface area contributed by atoms with E-state index in [2.05, 4.69) is 0 Å². The average molecular weight is 341 g/mol. The molecule has 2 aliphatic heterocycles. The Kier molecular flexibility index (Phi) is 3.54. The summed E-state index contributed by atoms with van der Waals surface area (Å²) in [6.45, 7) is 0. The van der Waals surface area contributed by atoms with Crippen LogP contribution in [0.4, 0.5) is 0 Å². The standard InChI is InChI=1S/C18H19N3O4/c1-19-14-8-7-12(22)15(11-5-3-2-4-6-11)21(14)20-10-9-13(23)17(24)16(20)18(19)25/h2-6,9-10,12,14-15,22,24H,7-8H2,1H3. The maximum atomic E-state index is 12.7. The van der Waals surface area contributed by atoms with Gasteiger partial charge in [0.15, 0.2) is 11.4 Å². The van der Waals surface area contributed by atoms with E-state index < -0.39 is 29.2 Å². The SMILES string of the molecule is CN1C(=O)c2c(O)c(=O)ccn2N2C(c3ccccc3)C(O)CCC12. The van der Waals surface area contributed by atoms with Gasteiger partial charge in [0.05, 0.1) is 12.1 Å². The predicted octanol–water partition coefficient (Wildman–Crippen LogP) is 0.800. The van der Waals surface area contributed by atoms with Gasteiger partial charge in [-0.25, -0.2) is 0 Å². The summed E-state index contributed by atoms with van der Waals surface area (Å²) in [5.41, 5.74) is 0.244. The minimum Gasteiger partial charge on any atom is -0.502 e. The van der Waals surface area contributed by atoms with E-state index in [0.29, 0.717) is 12.8 Å². The van der Waals surface area contributed by atoms with Crippen LogP contribution in [-0.4, -0.2) is 45.0 Å². The monoisotopic (exact) mass is 341 g/mol. The Balaban J connectivity index is 1.94. The zero-order valence-electron chi connectivity index (χ0n) is 13.7. The molecular weight excluding hydrogens is 322 g/mol. The second-order valence-corrected chi connectivity index (χ2v) is 6.50. The third kappa shape index (κ3) is 2.23. The first-order chi connectivity index (χ1) is 12.0. The summed E-state index contributed by atoms with van der Waals surface area (Å²) < 4.78 is 1.52. The number of rotatable bonds is 1. The van der Waals surface area contributed by atoms with Crippen molar-refractivity contribution in [2.45, 2.75) is 31.2 Å². The van der Waals surface area contributed by atoms with Crippen LogP contribution in [0.25, 0.3) is 0 Å². The maximum Gasteiger partial charge on any atom is 0.277 e. The summed E-state index contributed by atoms with van der Waals surface area (Å²) >= 11 is 0. The van der Waals surface area contributed by atoms with Gasteiger partial charge >= 0.3 is 0 Å². The number of aromatic hydroxyl groups is 1. The topological polar surface area (TPSA) is 86.0 Å². The lowest BCUT2D eigenvalue weighted by Crippen LogP contribution is -2.64. The summed E-state index contributed by atoms with van der Waals surface area (Å²) in [6, 6.07) is 10.4. The highest BCUT2D eigenvalue weighted by molar-refractivity contribution is 5.96. The molecule has 0 spiro atoms. The minimum atomic E-state index is -0.630. The highest BCUT2D eigenvalue weighted by Gasteiger charge is 2.46. The molecule has 1 fully saturated rings. The van der Waals surface area contributed by atoms with E-state index in [1.807, 2.05) is 35.3 Å². The van der Waals surface area contributed by atoms with Crippen molar-refractivity contribution in [3.8, 4) is 5.75 Å². The van der Waals surface area contributed by atoms with Gasteiger partial charge in [0.1, 0.15) is 6.17 Å².